The SMILES string of the molecule is Cc1ccc(C)c2c1CCC2=O. The molecule has 0 fully saturated rings. The fourth-order valence-corrected chi connectivity index (χ4v) is 1.94. The van der Waals surface area contributed by atoms with Gasteiger partial charge in [0.1, 0.15) is 0 Å². The van der Waals surface area contributed by atoms with Crippen LogP contribution in [0.25, 0.3) is 0 Å². The number of Topliss-reactive ketones (excluding diaryl/α,β-unsaturated/α-hetero) is 1. The van der Waals surface area contributed by atoms with Crippen molar-refractivity contribution >= 4 is 5.78 Å². The summed E-state index contributed by atoms with van der Waals surface area (Å²) < 4.78 is 0. The Morgan fingerprint density at radius 3 is 2.42 bits per heavy atom. The van der Waals surface area contributed by atoms with Gasteiger partial charge in [-0.2, -0.15) is 0 Å². The molecule has 0 aliphatic heterocycles. The fourth-order valence-electron chi connectivity index (χ4n) is 1.94. The molecule has 0 bridgehead atoms. The minimum atomic E-state index is 0.325. The third-order valence-corrected chi connectivity index (χ3v) is 2.64. The average Bonchev–Trinajstić information content (AvgIpc) is 2.42. The Labute approximate surface area is 72.4 Å². The number of fused-ring (bicyclic) bond motifs is 1. The van der Waals surface area contributed by atoms with Gasteiger partial charge in [0.05, 0.1) is 0 Å². The predicted molar refractivity (Wildman–Crippen MR) is 48.6 cm³/mol. The van der Waals surface area contributed by atoms with Crippen LogP contribution in [0.2, 0.25) is 0 Å². The highest BCUT2D eigenvalue weighted by Gasteiger charge is 2.22. The van der Waals surface area contributed by atoms with Crippen LogP contribution in [0.15, 0.2) is 12.1 Å². The zero-order valence-corrected chi connectivity index (χ0v) is 7.48. The summed E-state index contributed by atoms with van der Waals surface area (Å²) in [5, 5.41) is 0. The standard InChI is InChI=1S/C11H12O/c1-7-3-4-8(2)11-9(7)5-6-10(11)12/h3-4H,5-6H2,1-2H3. The van der Waals surface area contributed by atoms with Crippen LogP contribution in [0.3, 0.4) is 0 Å². The normalized spacial score (nSPS) is 15.0. The van der Waals surface area contributed by atoms with E-state index < -0.39 is 0 Å². The highest BCUT2D eigenvalue weighted by atomic mass is 16.1. The van der Waals surface area contributed by atoms with E-state index in [9.17, 15) is 4.79 Å². The lowest BCUT2D eigenvalue weighted by Gasteiger charge is -2.04. The first kappa shape index (κ1) is 7.53. The molecule has 0 amide bonds. The fraction of sp³-hybridized carbons (Fsp3) is 0.364. The Kier molecular flexibility index (Phi) is 1.53. The van der Waals surface area contributed by atoms with Gasteiger partial charge in [0.15, 0.2) is 5.78 Å². The van der Waals surface area contributed by atoms with Gasteiger partial charge in [0.25, 0.3) is 0 Å². The van der Waals surface area contributed by atoms with Gasteiger partial charge in [-0.05, 0) is 37.0 Å². The summed E-state index contributed by atoms with van der Waals surface area (Å²) in [5.41, 5.74) is 4.68. The van der Waals surface area contributed by atoms with E-state index in [2.05, 4.69) is 13.0 Å². The average molecular weight is 160 g/mol. The second kappa shape index (κ2) is 2.44. The molecule has 0 N–H and O–H groups in total. The van der Waals surface area contributed by atoms with E-state index in [0.717, 1.165) is 17.5 Å². The number of aryl methyl sites for hydroxylation is 2. The molecular formula is C11H12O. The van der Waals surface area contributed by atoms with Crippen molar-refractivity contribution in [2.75, 3.05) is 0 Å². The molecule has 0 saturated carbocycles. The summed E-state index contributed by atoms with van der Waals surface area (Å²) in [4.78, 5) is 11.4. The third-order valence-electron chi connectivity index (χ3n) is 2.64. The van der Waals surface area contributed by atoms with Gasteiger partial charge in [-0.3, -0.25) is 4.79 Å². The molecule has 1 nitrogen and oxygen atoms in total. The largest absolute Gasteiger partial charge is 0.294 e. The van der Waals surface area contributed by atoms with E-state index in [1.165, 1.54) is 11.1 Å². The topological polar surface area (TPSA) is 17.1 Å². The molecule has 2 rings (SSSR count). The first-order valence-electron chi connectivity index (χ1n) is 4.32. The smallest absolute Gasteiger partial charge is 0.163 e. The third kappa shape index (κ3) is 0.893. The van der Waals surface area contributed by atoms with Crippen LogP contribution >= 0.6 is 0 Å². The van der Waals surface area contributed by atoms with Crippen molar-refractivity contribution in [3.63, 3.8) is 0 Å². The van der Waals surface area contributed by atoms with Crippen molar-refractivity contribution < 1.29 is 4.79 Å². The first-order valence-corrected chi connectivity index (χ1v) is 4.32. The summed E-state index contributed by atoms with van der Waals surface area (Å²) >= 11 is 0. The molecule has 0 radical (unpaired) electrons. The van der Waals surface area contributed by atoms with Crippen molar-refractivity contribution in [1.29, 1.82) is 0 Å². The molecule has 1 aliphatic rings. The molecule has 62 valence electrons. The second-order valence-electron chi connectivity index (χ2n) is 3.48. The van der Waals surface area contributed by atoms with Crippen molar-refractivity contribution in [2.45, 2.75) is 26.7 Å². The van der Waals surface area contributed by atoms with Gasteiger partial charge in [-0.15, -0.1) is 0 Å². The van der Waals surface area contributed by atoms with E-state index in [0.29, 0.717) is 12.2 Å². The Morgan fingerprint density at radius 2 is 1.75 bits per heavy atom. The number of carbonyl (C=O) groups is 1. The van der Waals surface area contributed by atoms with Gasteiger partial charge < -0.3 is 0 Å². The molecule has 1 aromatic carbocycles. The summed E-state index contributed by atoms with van der Waals surface area (Å²) in [6.45, 7) is 4.10. The summed E-state index contributed by atoms with van der Waals surface area (Å²) in [6, 6.07) is 4.14. The summed E-state index contributed by atoms with van der Waals surface area (Å²) in [5.74, 6) is 0.325. The van der Waals surface area contributed by atoms with Crippen LogP contribution in [-0.2, 0) is 6.42 Å². The molecule has 0 unspecified atom stereocenters. The highest BCUT2D eigenvalue weighted by Crippen LogP contribution is 2.27. The minimum Gasteiger partial charge on any atom is -0.294 e. The monoisotopic (exact) mass is 160 g/mol. The number of hydrogen-bond acceptors (Lipinski definition) is 1. The van der Waals surface area contributed by atoms with Crippen molar-refractivity contribution in [3.05, 3.63) is 34.4 Å². The number of benzene rings is 1. The van der Waals surface area contributed by atoms with Crippen molar-refractivity contribution in [3.8, 4) is 0 Å². The van der Waals surface area contributed by atoms with Crippen LogP contribution < -0.4 is 0 Å². The second-order valence-corrected chi connectivity index (χ2v) is 3.48. The number of hydrogen-bond donors (Lipinski definition) is 0. The van der Waals surface area contributed by atoms with Crippen LogP contribution in [0, 0.1) is 13.8 Å². The van der Waals surface area contributed by atoms with Crippen LogP contribution in [0.1, 0.15) is 33.5 Å². The van der Waals surface area contributed by atoms with Crippen LogP contribution in [0.5, 0.6) is 0 Å². The molecule has 12 heavy (non-hydrogen) atoms. The molecule has 1 heteroatoms. The molecule has 0 saturated heterocycles. The molecule has 0 spiro atoms. The number of ketones is 1. The van der Waals surface area contributed by atoms with E-state index in [1.807, 2.05) is 13.0 Å². The van der Waals surface area contributed by atoms with E-state index in [-0.39, 0.29) is 0 Å². The van der Waals surface area contributed by atoms with Gasteiger partial charge in [-0.25, -0.2) is 0 Å². The zero-order chi connectivity index (χ0) is 8.72. The first-order chi connectivity index (χ1) is 5.70. The highest BCUT2D eigenvalue weighted by molar-refractivity contribution is 6.02. The van der Waals surface area contributed by atoms with Gasteiger partial charge >= 0.3 is 0 Å². The Balaban J connectivity index is 2.72. The molecule has 1 aliphatic carbocycles. The Bertz CT molecular complexity index is 350. The van der Waals surface area contributed by atoms with Crippen LogP contribution in [-0.4, -0.2) is 5.78 Å². The Morgan fingerprint density at radius 1 is 1.08 bits per heavy atom. The maximum atomic E-state index is 11.4. The molecule has 0 heterocycles. The summed E-state index contributed by atoms with van der Waals surface area (Å²) in [6.07, 6.45) is 1.66. The Hall–Kier alpha value is -1.11. The van der Waals surface area contributed by atoms with Gasteiger partial charge in [-0.1, -0.05) is 12.1 Å². The lowest BCUT2D eigenvalue weighted by Crippen LogP contribution is -1.96. The lowest BCUT2D eigenvalue weighted by molar-refractivity contribution is 0.0994. The molecular weight excluding hydrogens is 148 g/mol. The maximum absolute atomic E-state index is 11.4. The van der Waals surface area contributed by atoms with E-state index >= 15 is 0 Å². The zero-order valence-electron chi connectivity index (χ0n) is 7.48. The van der Waals surface area contributed by atoms with E-state index in [4.69, 9.17) is 0 Å². The molecule has 0 atom stereocenters. The van der Waals surface area contributed by atoms with Gasteiger partial charge in [0.2, 0.25) is 0 Å². The number of rotatable bonds is 0. The number of carbonyl (C=O) groups excluding carboxylic acids is 1. The minimum absolute atomic E-state index is 0.325. The van der Waals surface area contributed by atoms with Crippen molar-refractivity contribution in [2.24, 2.45) is 0 Å². The maximum Gasteiger partial charge on any atom is 0.163 e. The molecule has 0 aromatic heterocycles. The quantitative estimate of drug-likeness (QED) is 0.569. The van der Waals surface area contributed by atoms with Crippen molar-refractivity contribution in [1.82, 2.24) is 0 Å². The lowest BCUT2D eigenvalue weighted by atomic mass is 10.00. The predicted octanol–water partition coefficient (Wildman–Crippen LogP) is 2.43. The van der Waals surface area contributed by atoms with Crippen LogP contribution in [0.4, 0.5) is 0 Å². The van der Waals surface area contributed by atoms with Gasteiger partial charge in [0, 0.05) is 12.0 Å². The summed E-state index contributed by atoms with van der Waals surface area (Å²) in [7, 11) is 0. The van der Waals surface area contributed by atoms with E-state index in [1.54, 1.807) is 0 Å². The molecule has 1 aromatic rings.